The zero-order valence-electron chi connectivity index (χ0n) is 25.4. The first kappa shape index (κ1) is 29.9. The highest BCUT2D eigenvalue weighted by molar-refractivity contribution is 5.72. The second-order valence-electron chi connectivity index (χ2n) is 13.1. The molecule has 13 nitrogen and oxygen atoms in total. The van der Waals surface area contributed by atoms with E-state index >= 15 is 0 Å². The first-order valence-corrected chi connectivity index (χ1v) is 14.9. The Hall–Kier alpha value is -4.13. The Kier molecular flexibility index (Phi) is 7.34. The van der Waals surface area contributed by atoms with Gasteiger partial charge < -0.3 is 23.7 Å². The fraction of sp³-hybridized carbons (Fsp3) is 0.581. The van der Waals surface area contributed by atoms with Gasteiger partial charge in [0.1, 0.15) is 35.2 Å². The first-order chi connectivity index (χ1) is 20.9. The minimum absolute atomic E-state index is 0.0270. The Balaban J connectivity index is 1.47. The van der Waals surface area contributed by atoms with Crippen LogP contribution in [0.15, 0.2) is 39.8 Å². The third kappa shape index (κ3) is 4.77. The summed E-state index contributed by atoms with van der Waals surface area (Å²) < 4.78 is 24.2. The molecule has 3 aliphatic rings. The smallest absolute Gasteiger partial charge is 0.345 e. The molecule has 6 rings (SSSR count). The molecule has 13 heteroatoms. The number of aromatic nitrogens is 5. The SMILES string of the molecule is CC(=O)OCC1(C)C2C[C@H](OC(=O)Cc3nn[nH]n3)[C@@]3(C)Oc4cc(-c5cccnc5)oc(=O)c4[C@H](O)C3[C@@]2(C)CC[C@@H]1C. The van der Waals surface area contributed by atoms with Gasteiger partial charge in [-0.3, -0.25) is 14.6 Å². The van der Waals surface area contributed by atoms with Gasteiger partial charge in [-0.2, -0.15) is 5.21 Å². The van der Waals surface area contributed by atoms with Crippen molar-refractivity contribution in [1.29, 1.82) is 0 Å². The van der Waals surface area contributed by atoms with Crippen molar-refractivity contribution in [3.63, 3.8) is 0 Å². The van der Waals surface area contributed by atoms with E-state index in [9.17, 15) is 19.5 Å². The lowest BCUT2D eigenvalue weighted by Crippen LogP contribution is -2.70. The van der Waals surface area contributed by atoms with Gasteiger partial charge in [0.25, 0.3) is 0 Å². The van der Waals surface area contributed by atoms with Crippen molar-refractivity contribution in [1.82, 2.24) is 25.6 Å². The zero-order chi connectivity index (χ0) is 31.4. The summed E-state index contributed by atoms with van der Waals surface area (Å²) in [6.45, 7) is 9.69. The number of carbonyl (C=O) groups excluding carboxylic acids is 2. The summed E-state index contributed by atoms with van der Waals surface area (Å²) in [5.74, 6) is -1.09. The molecule has 3 unspecified atom stereocenters. The molecule has 2 N–H and O–H groups in total. The fourth-order valence-corrected chi connectivity index (χ4v) is 8.28. The van der Waals surface area contributed by atoms with E-state index in [4.69, 9.17) is 18.6 Å². The van der Waals surface area contributed by atoms with E-state index in [0.717, 1.165) is 6.42 Å². The molecule has 0 bridgehead atoms. The normalized spacial score (nSPS) is 34.1. The van der Waals surface area contributed by atoms with Gasteiger partial charge in [-0.1, -0.05) is 26.0 Å². The quantitative estimate of drug-likeness (QED) is 0.391. The van der Waals surface area contributed by atoms with Crippen LogP contribution >= 0.6 is 0 Å². The maximum Gasteiger partial charge on any atom is 0.345 e. The maximum atomic E-state index is 13.5. The molecule has 0 radical (unpaired) electrons. The predicted molar refractivity (Wildman–Crippen MR) is 153 cm³/mol. The number of nitrogens with one attached hydrogen (secondary N) is 1. The average Bonchev–Trinajstić information content (AvgIpc) is 3.48. The summed E-state index contributed by atoms with van der Waals surface area (Å²) >= 11 is 0. The largest absolute Gasteiger partial charge is 0.482 e. The maximum absolute atomic E-state index is 13.5. The van der Waals surface area contributed by atoms with E-state index in [1.54, 1.807) is 30.6 Å². The summed E-state index contributed by atoms with van der Waals surface area (Å²) in [5, 5.41) is 25.8. The number of aliphatic hydroxyl groups is 1. The molecule has 2 fully saturated rings. The Morgan fingerprint density at radius 3 is 2.73 bits per heavy atom. The van der Waals surface area contributed by atoms with Gasteiger partial charge in [0.2, 0.25) is 0 Å². The molecule has 0 aromatic carbocycles. The molecule has 44 heavy (non-hydrogen) atoms. The topological polar surface area (TPSA) is 180 Å². The molecule has 3 aromatic heterocycles. The molecule has 234 valence electrons. The average molecular weight is 608 g/mol. The number of pyridine rings is 1. The highest BCUT2D eigenvalue weighted by Gasteiger charge is 2.70. The molecule has 4 heterocycles. The molecule has 3 aromatic rings. The van der Waals surface area contributed by atoms with Crippen molar-refractivity contribution in [2.75, 3.05) is 6.61 Å². The minimum Gasteiger partial charge on any atom is -0.482 e. The van der Waals surface area contributed by atoms with Gasteiger partial charge in [-0.25, -0.2) is 4.79 Å². The minimum atomic E-state index is -1.29. The van der Waals surface area contributed by atoms with E-state index in [1.165, 1.54) is 6.92 Å². The van der Waals surface area contributed by atoms with Crippen molar-refractivity contribution in [3.05, 3.63) is 52.4 Å². The molecular formula is C31H37N5O8. The number of aromatic amines is 1. The fourth-order valence-electron chi connectivity index (χ4n) is 8.28. The second-order valence-corrected chi connectivity index (χ2v) is 13.1. The van der Waals surface area contributed by atoms with Crippen molar-refractivity contribution in [2.24, 2.45) is 28.6 Å². The van der Waals surface area contributed by atoms with E-state index in [0.29, 0.717) is 18.4 Å². The van der Waals surface area contributed by atoms with Crippen LogP contribution < -0.4 is 10.4 Å². The van der Waals surface area contributed by atoms with Crippen LogP contribution in [0, 0.1) is 28.6 Å². The molecular weight excluding hydrogens is 570 g/mol. The van der Waals surface area contributed by atoms with Gasteiger partial charge >= 0.3 is 17.6 Å². The van der Waals surface area contributed by atoms with Crippen LogP contribution in [0.4, 0.5) is 0 Å². The summed E-state index contributed by atoms with van der Waals surface area (Å²) in [4.78, 5) is 42.9. The number of H-pyrrole nitrogens is 1. The van der Waals surface area contributed by atoms with Gasteiger partial charge in [-0.05, 0) is 55.6 Å². The number of rotatable bonds is 6. The molecule has 0 spiro atoms. The van der Waals surface area contributed by atoms with Crippen molar-refractivity contribution in [2.45, 2.75) is 78.1 Å². The lowest BCUT2D eigenvalue weighted by atomic mass is 9.41. The number of carbonyl (C=O) groups is 2. The molecule has 2 aliphatic carbocycles. The molecule has 2 saturated carbocycles. The second kappa shape index (κ2) is 10.8. The van der Waals surface area contributed by atoms with Gasteiger partial charge in [0.05, 0.1) is 12.7 Å². The van der Waals surface area contributed by atoms with Crippen LogP contribution in [-0.4, -0.2) is 61.0 Å². The van der Waals surface area contributed by atoms with Crippen LogP contribution in [0.3, 0.4) is 0 Å². The van der Waals surface area contributed by atoms with E-state index < -0.39 is 46.2 Å². The number of tetrazole rings is 1. The predicted octanol–water partition coefficient (Wildman–Crippen LogP) is 3.20. The Labute approximate surface area is 253 Å². The molecule has 0 saturated heterocycles. The summed E-state index contributed by atoms with van der Waals surface area (Å²) in [7, 11) is 0. The van der Waals surface area contributed by atoms with Crippen molar-refractivity contribution < 1.29 is 33.3 Å². The number of nitrogens with zero attached hydrogens (tertiary/aromatic N) is 4. The highest BCUT2D eigenvalue weighted by atomic mass is 16.6. The Bertz CT molecular complexity index is 1610. The van der Waals surface area contributed by atoms with Gasteiger partial charge in [-0.15, -0.1) is 10.2 Å². The molecule has 1 aliphatic heterocycles. The van der Waals surface area contributed by atoms with E-state index in [-0.39, 0.29) is 53.7 Å². The first-order valence-electron chi connectivity index (χ1n) is 14.9. The van der Waals surface area contributed by atoms with Gasteiger partial charge in [0, 0.05) is 42.3 Å². The lowest BCUT2D eigenvalue weighted by Gasteiger charge is -2.66. The number of esters is 2. The standard InChI is InChI=1S/C31H37N5O8/c1-16-8-9-29(3)21(30(16,4)15-41-17(2)37)12-22(43-24(38)13-23-33-35-36-34-23)31(5)27(29)26(39)25-20(44-31)11-19(42-28(25)40)18-7-6-10-32-14-18/h6-7,10-11,14,16,21-22,26-27,39H,8-9,12-13,15H2,1-5H3,(H,33,34,35,36)/t16-,21?,22-,26-,27?,29-,30?,31+/m0/s1. The van der Waals surface area contributed by atoms with Crippen LogP contribution in [0.2, 0.25) is 0 Å². The van der Waals surface area contributed by atoms with E-state index in [2.05, 4.69) is 46.4 Å². The highest BCUT2D eigenvalue weighted by Crippen LogP contribution is 2.68. The van der Waals surface area contributed by atoms with Crippen LogP contribution in [0.25, 0.3) is 11.3 Å². The summed E-state index contributed by atoms with van der Waals surface area (Å²) in [5.41, 5.74) is -2.48. The van der Waals surface area contributed by atoms with E-state index in [1.807, 2.05) is 6.92 Å². The monoisotopic (exact) mass is 607 g/mol. The Morgan fingerprint density at radius 1 is 1.25 bits per heavy atom. The van der Waals surface area contributed by atoms with Gasteiger partial charge in [0.15, 0.2) is 5.82 Å². The summed E-state index contributed by atoms with van der Waals surface area (Å²) in [6, 6.07) is 5.06. The number of aliphatic hydroxyl groups excluding tert-OH is 1. The van der Waals surface area contributed by atoms with Crippen LogP contribution in [0.1, 0.15) is 71.4 Å². The third-order valence-corrected chi connectivity index (χ3v) is 10.6. The third-order valence-electron chi connectivity index (χ3n) is 10.6. The lowest BCUT2D eigenvalue weighted by molar-refractivity contribution is -0.262. The van der Waals surface area contributed by atoms with Crippen molar-refractivity contribution in [3.8, 4) is 17.1 Å². The Morgan fingerprint density at radius 2 is 2.05 bits per heavy atom. The molecule has 8 atom stereocenters. The molecule has 0 amide bonds. The van der Waals surface area contributed by atoms with Crippen molar-refractivity contribution >= 4 is 11.9 Å². The van der Waals surface area contributed by atoms with Crippen LogP contribution in [0.5, 0.6) is 5.75 Å². The van der Waals surface area contributed by atoms with Crippen LogP contribution in [-0.2, 0) is 25.5 Å². The number of hydrogen-bond donors (Lipinski definition) is 2. The summed E-state index contributed by atoms with van der Waals surface area (Å²) in [6.07, 6.45) is 2.72. The number of hydrogen-bond acceptors (Lipinski definition) is 12. The zero-order valence-corrected chi connectivity index (χ0v) is 25.4. The number of ether oxygens (including phenoxy) is 3. The number of fused-ring (bicyclic) bond motifs is 4.